The quantitative estimate of drug-likeness (QED) is 0.904. The van der Waals surface area contributed by atoms with E-state index in [2.05, 4.69) is 17.4 Å². The largest absolute Gasteiger partial charge is 0.493 e. The monoisotopic (exact) mass is 307 g/mol. The van der Waals surface area contributed by atoms with E-state index in [1.807, 2.05) is 17.8 Å². The van der Waals surface area contributed by atoms with Gasteiger partial charge >= 0.3 is 0 Å². The molecule has 4 heteroatoms. The van der Waals surface area contributed by atoms with Crippen LogP contribution in [0.25, 0.3) is 0 Å². The predicted molar refractivity (Wildman–Crippen MR) is 88.7 cm³/mol. The number of hydrogen-bond acceptors (Lipinski definition) is 4. The summed E-state index contributed by atoms with van der Waals surface area (Å²) in [4.78, 5) is 0. The normalized spacial score (nSPS) is 25.8. The number of piperidine rings is 1. The van der Waals surface area contributed by atoms with Gasteiger partial charge in [0, 0.05) is 11.8 Å². The van der Waals surface area contributed by atoms with Crippen molar-refractivity contribution in [3.05, 3.63) is 23.8 Å². The zero-order chi connectivity index (χ0) is 14.5. The van der Waals surface area contributed by atoms with E-state index < -0.39 is 0 Å². The van der Waals surface area contributed by atoms with Crippen LogP contribution in [-0.4, -0.2) is 37.3 Å². The molecular formula is C17H25NO2S. The minimum absolute atomic E-state index is 0.337. The summed E-state index contributed by atoms with van der Waals surface area (Å²) in [6.45, 7) is 1.14. The average molecular weight is 307 g/mol. The number of thioether (sulfide) groups is 1. The van der Waals surface area contributed by atoms with Crippen LogP contribution in [0, 0.1) is 0 Å². The first-order valence-corrected chi connectivity index (χ1v) is 9.16. The number of hydrogen-bond donors (Lipinski definition) is 1. The van der Waals surface area contributed by atoms with Gasteiger partial charge in [-0.1, -0.05) is 18.6 Å². The minimum atomic E-state index is 0.337. The second kappa shape index (κ2) is 7.41. The van der Waals surface area contributed by atoms with Gasteiger partial charge in [-0.3, -0.25) is 0 Å². The zero-order valence-corrected chi connectivity index (χ0v) is 13.6. The molecule has 0 saturated carbocycles. The summed E-state index contributed by atoms with van der Waals surface area (Å²) in [5.41, 5.74) is 1.28. The Kier molecular flexibility index (Phi) is 5.31. The Labute approximate surface area is 131 Å². The van der Waals surface area contributed by atoms with Crippen LogP contribution >= 0.6 is 11.8 Å². The van der Waals surface area contributed by atoms with Gasteiger partial charge in [-0.15, -0.1) is 0 Å². The van der Waals surface area contributed by atoms with Gasteiger partial charge in [-0.05, 0) is 49.6 Å². The van der Waals surface area contributed by atoms with Gasteiger partial charge in [0.25, 0.3) is 0 Å². The Hall–Kier alpha value is -0.870. The summed E-state index contributed by atoms with van der Waals surface area (Å²) in [7, 11) is 1.73. The van der Waals surface area contributed by atoms with Crippen LogP contribution in [0.1, 0.15) is 31.2 Å². The third-order valence-corrected chi connectivity index (χ3v) is 5.46. The maximum absolute atomic E-state index is 6.30. The number of benzene rings is 1. The summed E-state index contributed by atoms with van der Waals surface area (Å²) in [6.07, 6.45) is 6.41. The molecule has 0 aliphatic carbocycles. The molecule has 2 unspecified atom stereocenters. The molecule has 0 spiro atoms. The predicted octanol–water partition coefficient (Wildman–Crippen LogP) is 3.26. The van der Waals surface area contributed by atoms with E-state index in [-0.39, 0.29) is 0 Å². The van der Waals surface area contributed by atoms with E-state index in [0.29, 0.717) is 12.1 Å². The molecule has 2 aliphatic rings. The smallest absolute Gasteiger partial charge is 0.164 e. The molecule has 3 rings (SSSR count). The van der Waals surface area contributed by atoms with Gasteiger partial charge in [-0.25, -0.2) is 0 Å². The number of nitrogens with one attached hydrogen (secondary N) is 1. The highest BCUT2D eigenvalue weighted by atomic mass is 32.2. The molecule has 1 aromatic rings. The van der Waals surface area contributed by atoms with Crippen molar-refractivity contribution in [2.24, 2.45) is 0 Å². The highest BCUT2D eigenvalue weighted by Gasteiger charge is 2.22. The van der Waals surface area contributed by atoms with E-state index in [1.165, 1.54) is 30.6 Å². The number of rotatable bonds is 5. The van der Waals surface area contributed by atoms with Crippen LogP contribution in [0.5, 0.6) is 11.5 Å². The van der Waals surface area contributed by atoms with Gasteiger partial charge < -0.3 is 14.8 Å². The lowest BCUT2D eigenvalue weighted by Gasteiger charge is -2.25. The third-order valence-electron chi connectivity index (χ3n) is 4.33. The lowest BCUT2D eigenvalue weighted by molar-refractivity contribution is 0.215. The van der Waals surface area contributed by atoms with E-state index in [9.17, 15) is 0 Å². The number of para-hydroxylation sites is 1. The Morgan fingerprint density at radius 1 is 1.29 bits per heavy atom. The molecule has 2 fully saturated rings. The van der Waals surface area contributed by atoms with Crippen molar-refractivity contribution in [1.82, 2.24) is 5.32 Å². The van der Waals surface area contributed by atoms with Crippen molar-refractivity contribution in [3.8, 4) is 11.5 Å². The molecule has 0 amide bonds. The standard InChI is InChI=1S/C17H25NO2S/c1-19-16-7-4-5-13(11-14-6-2-3-9-18-14)17(16)20-15-8-10-21-12-15/h4-5,7,14-15,18H,2-3,6,8-12H2,1H3. The highest BCUT2D eigenvalue weighted by Crippen LogP contribution is 2.35. The molecule has 2 aliphatic heterocycles. The van der Waals surface area contributed by atoms with Crippen molar-refractivity contribution in [1.29, 1.82) is 0 Å². The Balaban J connectivity index is 1.76. The molecule has 21 heavy (non-hydrogen) atoms. The summed E-state index contributed by atoms with van der Waals surface area (Å²) < 4.78 is 11.8. The molecule has 2 atom stereocenters. The van der Waals surface area contributed by atoms with E-state index in [1.54, 1.807) is 7.11 Å². The maximum Gasteiger partial charge on any atom is 0.164 e. The molecule has 0 aromatic heterocycles. The van der Waals surface area contributed by atoms with Crippen molar-refractivity contribution < 1.29 is 9.47 Å². The fraction of sp³-hybridized carbons (Fsp3) is 0.647. The Bertz CT molecular complexity index is 454. The van der Waals surface area contributed by atoms with E-state index >= 15 is 0 Å². The van der Waals surface area contributed by atoms with Crippen molar-refractivity contribution in [2.75, 3.05) is 25.2 Å². The van der Waals surface area contributed by atoms with Crippen LogP contribution in [0.15, 0.2) is 18.2 Å². The van der Waals surface area contributed by atoms with Gasteiger partial charge in [-0.2, -0.15) is 11.8 Å². The van der Waals surface area contributed by atoms with Crippen LogP contribution in [0.4, 0.5) is 0 Å². The summed E-state index contributed by atoms with van der Waals surface area (Å²) >= 11 is 1.98. The Morgan fingerprint density at radius 2 is 2.24 bits per heavy atom. The van der Waals surface area contributed by atoms with Gasteiger partial charge in [0.1, 0.15) is 6.10 Å². The topological polar surface area (TPSA) is 30.5 Å². The van der Waals surface area contributed by atoms with E-state index in [0.717, 1.165) is 36.6 Å². The van der Waals surface area contributed by atoms with Gasteiger partial charge in [0.15, 0.2) is 11.5 Å². The lowest BCUT2D eigenvalue weighted by atomic mass is 9.97. The fourth-order valence-electron chi connectivity index (χ4n) is 3.15. The van der Waals surface area contributed by atoms with Crippen molar-refractivity contribution >= 4 is 11.8 Å². The SMILES string of the molecule is COc1cccc(CC2CCCCN2)c1OC1CCSC1. The molecule has 2 saturated heterocycles. The van der Waals surface area contributed by atoms with Crippen LogP contribution < -0.4 is 14.8 Å². The molecular weight excluding hydrogens is 282 g/mol. The first kappa shape index (κ1) is 15.0. The molecule has 1 N–H and O–H groups in total. The number of methoxy groups -OCH3 is 1. The first-order valence-electron chi connectivity index (χ1n) is 8.00. The number of ether oxygens (including phenoxy) is 2. The maximum atomic E-state index is 6.30. The fourth-order valence-corrected chi connectivity index (χ4v) is 4.25. The first-order chi connectivity index (χ1) is 10.4. The lowest BCUT2D eigenvalue weighted by Crippen LogP contribution is -2.35. The van der Waals surface area contributed by atoms with Crippen LogP contribution in [0.2, 0.25) is 0 Å². The summed E-state index contributed by atoms with van der Waals surface area (Å²) in [5, 5.41) is 3.63. The third kappa shape index (κ3) is 3.86. The van der Waals surface area contributed by atoms with Crippen molar-refractivity contribution in [3.63, 3.8) is 0 Å². The molecule has 0 radical (unpaired) electrons. The highest BCUT2D eigenvalue weighted by molar-refractivity contribution is 7.99. The van der Waals surface area contributed by atoms with E-state index in [4.69, 9.17) is 9.47 Å². The second-order valence-corrected chi connectivity index (χ2v) is 7.05. The summed E-state index contributed by atoms with van der Waals surface area (Å²) in [5.74, 6) is 4.15. The summed E-state index contributed by atoms with van der Waals surface area (Å²) in [6, 6.07) is 6.85. The van der Waals surface area contributed by atoms with Crippen molar-refractivity contribution in [2.45, 2.75) is 44.2 Å². The van der Waals surface area contributed by atoms with Crippen LogP contribution in [-0.2, 0) is 6.42 Å². The zero-order valence-electron chi connectivity index (χ0n) is 12.8. The molecule has 1 aromatic carbocycles. The molecule has 2 heterocycles. The Morgan fingerprint density at radius 3 is 2.95 bits per heavy atom. The second-order valence-electron chi connectivity index (χ2n) is 5.90. The molecule has 3 nitrogen and oxygen atoms in total. The van der Waals surface area contributed by atoms with Gasteiger partial charge in [0.05, 0.1) is 7.11 Å². The average Bonchev–Trinajstić information content (AvgIpc) is 3.03. The van der Waals surface area contributed by atoms with Crippen LogP contribution in [0.3, 0.4) is 0 Å². The minimum Gasteiger partial charge on any atom is -0.493 e. The van der Waals surface area contributed by atoms with Gasteiger partial charge in [0.2, 0.25) is 0 Å². The molecule has 0 bridgehead atoms. The molecule has 116 valence electrons.